The van der Waals surface area contributed by atoms with Crippen molar-refractivity contribution in [3.05, 3.63) is 17.9 Å². The lowest BCUT2D eigenvalue weighted by Crippen LogP contribution is -2.42. The molecule has 0 radical (unpaired) electrons. The van der Waals surface area contributed by atoms with Crippen LogP contribution in [0.2, 0.25) is 0 Å². The summed E-state index contributed by atoms with van der Waals surface area (Å²) in [6.45, 7) is 0.983. The number of rotatable bonds is 3. The molecule has 1 saturated carbocycles. The van der Waals surface area contributed by atoms with E-state index in [1.165, 1.54) is 42.1 Å². The molecule has 0 atom stereocenters. The molecule has 6 nitrogen and oxygen atoms in total. The molecule has 0 unspecified atom stereocenters. The molecule has 116 valence electrons. The lowest BCUT2D eigenvalue weighted by Gasteiger charge is -2.38. The maximum absolute atomic E-state index is 12.5. The Morgan fingerprint density at radius 1 is 1.14 bits per heavy atom. The molecule has 1 aromatic heterocycles. The van der Waals surface area contributed by atoms with Crippen LogP contribution in [0.5, 0.6) is 0 Å². The number of carboxylic acids is 1. The molecular weight excluding hydrogens is 294 g/mol. The molecule has 1 aromatic rings. The largest absolute Gasteiger partial charge is 0.475 e. The topological polar surface area (TPSA) is 87.8 Å². The van der Waals surface area contributed by atoms with Crippen molar-refractivity contribution in [2.45, 2.75) is 43.6 Å². The number of sulfonamides is 1. The molecule has 1 aliphatic carbocycles. The summed E-state index contributed by atoms with van der Waals surface area (Å²) in [6.07, 6.45) is 6.66. The van der Waals surface area contributed by atoms with Gasteiger partial charge in [-0.3, -0.25) is 0 Å². The Morgan fingerprint density at radius 2 is 1.76 bits per heavy atom. The Balaban J connectivity index is 1.75. The van der Waals surface area contributed by atoms with E-state index >= 15 is 0 Å². The van der Waals surface area contributed by atoms with Gasteiger partial charge in [-0.15, -0.1) is 0 Å². The molecule has 2 fully saturated rings. The second-order valence-corrected chi connectivity index (χ2v) is 7.90. The average Bonchev–Trinajstić information content (AvgIpc) is 3.09. The molecule has 7 heteroatoms. The van der Waals surface area contributed by atoms with E-state index in [4.69, 9.17) is 9.52 Å². The van der Waals surface area contributed by atoms with Gasteiger partial charge >= 0.3 is 5.97 Å². The van der Waals surface area contributed by atoms with Crippen molar-refractivity contribution in [1.29, 1.82) is 0 Å². The second-order valence-electron chi connectivity index (χ2n) is 6.04. The predicted molar refractivity (Wildman–Crippen MR) is 74.6 cm³/mol. The van der Waals surface area contributed by atoms with E-state index in [0.717, 1.165) is 12.8 Å². The van der Waals surface area contributed by atoms with E-state index in [0.29, 0.717) is 18.5 Å². The van der Waals surface area contributed by atoms with Gasteiger partial charge in [-0.1, -0.05) is 12.8 Å². The van der Waals surface area contributed by atoms with Gasteiger partial charge in [0.2, 0.25) is 10.9 Å². The fraction of sp³-hybridized carbons (Fsp3) is 0.643. The van der Waals surface area contributed by atoms with Crippen LogP contribution in [0.1, 0.15) is 49.1 Å². The molecule has 0 bridgehead atoms. The third kappa shape index (κ3) is 2.60. The van der Waals surface area contributed by atoms with Crippen molar-refractivity contribution < 1.29 is 22.7 Å². The number of hydrogen-bond acceptors (Lipinski definition) is 4. The first kappa shape index (κ1) is 14.6. The third-order valence-corrected chi connectivity index (χ3v) is 6.61. The molecule has 1 saturated heterocycles. The predicted octanol–water partition coefficient (Wildman–Crippen LogP) is 2.32. The molecule has 1 spiro atoms. The van der Waals surface area contributed by atoms with E-state index in [2.05, 4.69) is 0 Å². The summed E-state index contributed by atoms with van der Waals surface area (Å²) in [4.78, 5) is 10.8. The van der Waals surface area contributed by atoms with Crippen molar-refractivity contribution in [1.82, 2.24) is 4.31 Å². The number of hydrogen-bond donors (Lipinski definition) is 1. The van der Waals surface area contributed by atoms with Gasteiger partial charge in [0.1, 0.15) is 0 Å². The maximum atomic E-state index is 12.5. The highest BCUT2D eigenvalue weighted by Gasteiger charge is 2.40. The molecule has 21 heavy (non-hydrogen) atoms. The Labute approximate surface area is 123 Å². The lowest BCUT2D eigenvalue weighted by molar-refractivity contribution is 0.0656. The lowest BCUT2D eigenvalue weighted by atomic mass is 9.78. The Morgan fingerprint density at radius 3 is 2.29 bits per heavy atom. The number of carboxylic acid groups (broad SMARTS) is 1. The standard InChI is InChI=1S/C14H19NO5S/c16-13(17)11-3-4-12(20-11)21(18,19)15-9-7-14(8-10-15)5-1-2-6-14/h3-4H,1-2,5-10H2,(H,16,17). The van der Waals surface area contributed by atoms with Crippen LogP contribution in [-0.4, -0.2) is 36.9 Å². The zero-order chi connectivity index (χ0) is 15.1. The van der Waals surface area contributed by atoms with Crippen molar-refractivity contribution >= 4 is 16.0 Å². The second kappa shape index (κ2) is 5.14. The first-order valence-electron chi connectivity index (χ1n) is 7.26. The number of piperidine rings is 1. The van der Waals surface area contributed by atoms with Crippen LogP contribution >= 0.6 is 0 Å². The monoisotopic (exact) mass is 313 g/mol. The summed E-state index contributed by atoms with van der Waals surface area (Å²) in [6, 6.07) is 2.40. The van der Waals surface area contributed by atoms with Crippen LogP contribution in [0.25, 0.3) is 0 Å². The highest BCUT2D eigenvalue weighted by atomic mass is 32.2. The molecule has 0 aromatic carbocycles. The van der Waals surface area contributed by atoms with E-state index in [9.17, 15) is 13.2 Å². The van der Waals surface area contributed by atoms with Gasteiger partial charge in [-0.25, -0.2) is 13.2 Å². The number of nitrogens with zero attached hydrogens (tertiary/aromatic N) is 1. The van der Waals surface area contributed by atoms with Gasteiger partial charge in [0.25, 0.3) is 10.0 Å². The van der Waals surface area contributed by atoms with E-state index < -0.39 is 16.0 Å². The molecular formula is C14H19NO5S. The fourth-order valence-corrected chi connectivity index (χ4v) is 4.88. The minimum atomic E-state index is -3.72. The van der Waals surface area contributed by atoms with Crippen LogP contribution in [0, 0.1) is 5.41 Å². The van der Waals surface area contributed by atoms with E-state index in [1.54, 1.807) is 0 Å². The minimum absolute atomic E-state index is 0.276. The van der Waals surface area contributed by atoms with Gasteiger partial charge in [0, 0.05) is 13.1 Å². The Kier molecular flexibility index (Phi) is 3.57. The summed E-state index contributed by atoms with van der Waals surface area (Å²) in [5.41, 5.74) is 0.335. The Bertz CT molecular complexity index is 632. The van der Waals surface area contributed by atoms with Crippen LogP contribution in [0.3, 0.4) is 0 Å². The van der Waals surface area contributed by atoms with Gasteiger partial charge in [-0.05, 0) is 43.2 Å². The summed E-state index contributed by atoms with van der Waals surface area (Å²) < 4.78 is 31.3. The zero-order valence-electron chi connectivity index (χ0n) is 11.7. The molecule has 1 N–H and O–H groups in total. The maximum Gasteiger partial charge on any atom is 0.371 e. The van der Waals surface area contributed by atoms with E-state index in [-0.39, 0.29) is 10.9 Å². The molecule has 1 aliphatic heterocycles. The number of aromatic carboxylic acids is 1. The highest BCUT2D eigenvalue weighted by Crippen LogP contribution is 2.46. The summed E-state index contributed by atoms with van der Waals surface area (Å²) >= 11 is 0. The zero-order valence-corrected chi connectivity index (χ0v) is 12.6. The minimum Gasteiger partial charge on any atom is -0.475 e. The molecule has 0 amide bonds. The summed E-state index contributed by atoms with van der Waals surface area (Å²) in [5.74, 6) is -1.61. The van der Waals surface area contributed by atoms with Crippen LogP contribution in [-0.2, 0) is 10.0 Å². The molecule has 2 aliphatic rings. The normalized spacial score (nSPS) is 22.7. The first-order chi connectivity index (χ1) is 9.93. The summed E-state index contributed by atoms with van der Waals surface area (Å²) in [7, 11) is -3.72. The van der Waals surface area contributed by atoms with Crippen molar-refractivity contribution in [3.63, 3.8) is 0 Å². The summed E-state index contributed by atoms with van der Waals surface area (Å²) in [5, 5.41) is 8.54. The SMILES string of the molecule is O=C(O)c1ccc(S(=O)(=O)N2CCC3(CCCC3)CC2)o1. The molecule has 2 heterocycles. The highest BCUT2D eigenvalue weighted by molar-refractivity contribution is 7.89. The van der Waals surface area contributed by atoms with E-state index in [1.807, 2.05) is 0 Å². The third-order valence-electron chi connectivity index (χ3n) is 4.83. The van der Waals surface area contributed by atoms with Gasteiger partial charge < -0.3 is 9.52 Å². The van der Waals surface area contributed by atoms with Crippen LogP contribution in [0.4, 0.5) is 0 Å². The van der Waals surface area contributed by atoms with Crippen LogP contribution in [0.15, 0.2) is 21.6 Å². The van der Waals surface area contributed by atoms with Crippen LogP contribution < -0.4 is 0 Å². The quantitative estimate of drug-likeness (QED) is 0.925. The van der Waals surface area contributed by atoms with Crippen molar-refractivity contribution in [2.75, 3.05) is 13.1 Å². The van der Waals surface area contributed by atoms with Gasteiger partial charge in [0.15, 0.2) is 0 Å². The van der Waals surface area contributed by atoms with Gasteiger partial charge in [0.05, 0.1) is 0 Å². The van der Waals surface area contributed by atoms with Crippen molar-refractivity contribution in [2.24, 2.45) is 5.41 Å². The number of furan rings is 1. The number of carbonyl (C=O) groups is 1. The first-order valence-corrected chi connectivity index (χ1v) is 8.70. The smallest absolute Gasteiger partial charge is 0.371 e. The average molecular weight is 313 g/mol. The fourth-order valence-electron chi connectivity index (χ4n) is 3.53. The molecule has 3 rings (SSSR count). The van der Waals surface area contributed by atoms with Gasteiger partial charge in [-0.2, -0.15) is 4.31 Å². The van der Waals surface area contributed by atoms with Crippen molar-refractivity contribution in [3.8, 4) is 0 Å². The Hall–Kier alpha value is -1.34.